The first-order chi connectivity index (χ1) is 7.84. The minimum Gasteiger partial charge on any atom is -0.316 e. The molecule has 2 heterocycles. The van der Waals surface area contributed by atoms with Gasteiger partial charge in [-0.15, -0.1) is 0 Å². The van der Waals surface area contributed by atoms with E-state index in [4.69, 9.17) is 0 Å². The van der Waals surface area contributed by atoms with E-state index in [1.54, 1.807) is 0 Å². The van der Waals surface area contributed by atoms with Crippen molar-refractivity contribution in [3.63, 3.8) is 0 Å². The van der Waals surface area contributed by atoms with Gasteiger partial charge in [0.15, 0.2) is 0 Å². The fourth-order valence-electron chi connectivity index (χ4n) is 3.17. The fourth-order valence-corrected chi connectivity index (χ4v) is 3.17. The molecule has 4 nitrogen and oxygen atoms in total. The number of hydrogen-bond acceptors (Lipinski definition) is 2. The Balaban J connectivity index is 1.93. The number of rotatable bonds is 2. The predicted octanol–water partition coefficient (Wildman–Crippen LogP) is 1.44. The van der Waals surface area contributed by atoms with Crippen molar-refractivity contribution in [2.45, 2.75) is 43.9 Å². The lowest BCUT2D eigenvalue weighted by Gasteiger charge is -2.13. The van der Waals surface area contributed by atoms with Crippen molar-refractivity contribution in [2.24, 2.45) is 0 Å². The summed E-state index contributed by atoms with van der Waals surface area (Å²) in [6.07, 6.45) is 6.23. The first kappa shape index (κ1) is 10.1. The van der Waals surface area contributed by atoms with Gasteiger partial charge in [-0.25, -0.2) is 4.79 Å². The van der Waals surface area contributed by atoms with E-state index >= 15 is 0 Å². The van der Waals surface area contributed by atoms with E-state index in [9.17, 15) is 4.79 Å². The van der Waals surface area contributed by atoms with Crippen LogP contribution in [0.25, 0.3) is 0 Å². The molecule has 1 atom stereocenters. The second-order valence-corrected chi connectivity index (χ2v) is 5.08. The van der Waals surface area contributed by atoms with Crippen LogP contribution in [0.3, 0.4) is 0 Å². The largest absolute Gasteiger partial charge is 0.323 e. The molecule has 1 saturated heterocycles. The van der Waals surface area contributed by atoms with E-state index in [0.29, 0.717) is 11.8 Å². The quantitative estimate of drug-likeness (QED) is 0.707. The van der Waals surface area contributed by atoms with Gasteiger partial charge in [0.2, 0.25) is 0 Å². The third kappa shape index (κ3) is 1.71. The van der Waals surface area contributed by atoms with Gasteiger partial charge in [-0.2, -0.15) is 0 Å². The van der Waals surface area contributed by atoms with E-state index < -0.39 is 0 Å². The maximum absolute atomic E-state index is 11.5. The number of aromatic nitrogens is 2. The zero-order valence-electron chi connectivity index (χ0n) is 9.51. The molecule has 1 unspecified atom stereocenters. The number of imidazole rings is 1. The molecule has 0 spiro atoms. The summed E-state index contributed by atoms with van der Waals surface area (Å²) < 4.78 is 0. The Morgan fingerprint density at radius 2 is 1.62 bits per heavy atom. The van der Waals surface area contributed by atoms with Crippen LogP contribution in [-0.4, -0.2) is 23.1 Å². The van der Waals surface area contributed by atoms with Crippen LogP contribution in [0.2, 0.25) is 0 Å². The monoisotopic (exact) mass is 221 g/mol. The van der Waals surface area contributed by atoms with Crippen LogP contribution in [0.15, 0.2) is 4.79 Å². The summed E-state index contributed by atoms with van der Waals surface area (Å²) in [4.78, 5) is 17.5. The lowest BCUT2D eigenvalue weighted by Crippen LogP contribution is -2.10. The molecule has 2 fully saturated rings. The molecule has 0 amide bonds. The molecule has 1 aromatic heterocycles. The van der Waals surface area contributed by atoms with Gasteiger partial charge in [0.25, 0.3) is 0 Å². The van der Waals surface area contributed by atoms with Gasteiger partial charge in [-0.3, -0.25) is 0 Å². The van der Waals surface area contributed by atoms with Gasteiger partial charge in [0.05, 0.1) is 0 Å². The van der Waals surface area contributed by atoms with Gasteiger partial charge in [0.1, 0.15) is 0 Å². The highest BCUT2D eigenvalue weighted by atomic mass is 16.1. The number of nitrogens with one attached hydrogen (secondary N) is 3. The SMILES string of the molecule is O=c1[nH]c(C2CCCC2)c(C2CCNC2)[nH]1. The number of aromatic amines is 2. The molecule has 4 heteroatoms. The Morgan fingerprint density at radius 3 is 2.25 bits per heavy atom. The van der Waals surface area contributed by atoms with Crippen LogP contribution in [-0.2, 0) is 0 Å². The van der Waals surface area contributed by atoms with E-state index in [1.165, 1.54) is 37.1 Å². The Hall–Kier alpha value is -1.03. The van der Waals surface area contributed by atoms with Crippen LogP contribution < -0.4 is 11.0 Å². The van der Waals surface area contributed by atoms with Crippen LogP contribution in [0.1, 0.15) is 55.3 Å². The maximum Gasteiger partial charge on any atom is 0.323 e. The molecule has 2 aliphatic rings. The molecule has 3 N–H and O–H groups in total. The lowest BCUT2D eigenvalue weighted by atomic mass is 9.95. The molecule has 1 aliphatic heterocycles. The van der Waals surface area contributed by atoms with Gasteiger partial charge in [-0.1, -0.05) is 12.8 Å². The second-order valence-electron chi connectivity index (χ2n) is 5.08. The highest BCUT2D eigenvalue weighted by Crippen LogP contribution is 2.36. The summed E-state index contributed by atoms with van der Waals surface area (Å²) in [7, 11) is 0. The van der Waals surface area contributed by atoms with E-state index in [1.807, 2.05) is 0 Å². The number of hydrogen-bond donors (Lipinski definition) is 3. The summed E-state index contributed by atoms with van der Waals surface area (Å²) in [6.45, 7) is 2.08. The Bertz CT molecular complexity index is 372. The highest BCUT2D eigenvalue weighted by Gasteiger charge is 2.27. The molecule has 0 radical (unpaired) electrons. The van der Waals surface area contributed by atoms with Crippen molar-refractivity contribution in [3.8, 4) is 0 Å². The van der Waals surface area contributed by atoms with Crippen molar-refractivity contribution in [3.05, 3.63) is 21.9 Å². The zero-order valence-corrected chi connectivity index (χ0v) is 9.51. The lowest BCUT2D eigenvalue weighted by molar-refractivity contribution is 0.659. The molecular formula is C12H19N3O. The zero-order chi connectivity index (χ0) is 11.0. The highest BCUT2D eigenvalue weighted by molar-refractivity contribution is 5.22. The van der Waals surface area contributed by atoms with E-state index in [2.05, 4.69) is 15.3 Å². The average Bonchev–Trinajstić information content (AvgIpc) is 2.98. The van der Waals surface area contributed by atoms with Gasteiger partial charge in [0, 0.05) is 29.8 Å². The molecule has 0 aromatic carbocycles. The fraction of sp³-hybridized carbons (Fsp3) is 0.750. The third-order valence-corrected chi connectivity index (χ3v) is 4.02. The summed E-state index contributed by atoms with van der Waals surface area (Å²) >= 11 is 0. The van der Waals surface area contributed by atoms with Crippen LogP contribution in [0.5, 0.6) is 0 Å². The Morgan fingerprint density at radius 1 is 0.938 bits per heavy atom. The maximum atomic E-state index is 11.5. The predicted molar refractivity (Wildman–Crippen MR) is 62.9 cm³/mol. The molecule has 1 saturated carbocycles. The van der Waals surface area contributed by atoms with Crippen LogP contribution >= 0.6 is 0 Å². The average molecular weight is 221 g/mol. The standard InChI is InChI=1S/C12H19N3O/c16-12-14-10(8-3-1-2-4-8)11(15-12)9-5-6-13-7-9/h8-9,13H,1-7H2,(H2,14,15,16). The molecule has 3 rings (SSSR count). The summed E-state index contributed by atoms with van der Waals surface area (Å²) in [5.41, 5.74) is 2.36. The van der Waals surface area contributed by atoms with Gasteiger partial charge in [-0.05, 0) is 25.8 Å². The Labute approximate surface area is 94.8 Å². The van der Waals surface area contributed by atoms with E-state index in [0.717, 1.165) is 19.5 Å². The molecule has 1 aliphatic carbocycles. The third-order valence-electron chi connectivity index (χ3n) is 4.02. The molecule has 16 heavy (non-hydrogen) atoms. The van der Waals surface area contributed by atoms with Crippen molar-refractivity contribution >= 4 is 0 Å². The van der Waals surface area contributed by atoms with Crippen molar-refractivity contribution in [1.29, 1.82) is 0 Å². The second kappa shape index (κ2) is 4.09. The van der Waals surface area contributed by atoms with E-state index in [-0.39, 0.29) is 5.69 Å². The van der Waals surface area contributed by atoms with Crippen molar-refractivity contribution in [2.75, 3.05) is 13.1 Å². The van der Waals surface area contributed by atoms with Crippen LogP contribution in [0, 0.1) is 0 Å². The van der Waals surface area contributed by atoms with Gasteiger partial charge < -0.3 is 15.3 Å². The normalized spacial score (nSPS) is 26.6. The number of H-pyrrole nitrogens is 2. The summed E-state index contributed by atoms with van der Waals surface area (Å²) in [6, 6.07) is 0. The minimum absolute atomic E-state index is 0.0243. The van der Waals surface area contributed by atoms with Crippen LogP contribution in [0.4, 0.5) is 0 Å². The molecule has 0 bridgehead atoms. The molecule has 1 aromatic rings. The first-order valence-corrected chi connectivity index (χ1v) is 6.37. The smallest absolute Gasteiger partial charge is 0.316 e. The van der Waals surface area contributed by atoms with Gasteiger partial charge >= 0.3 is 5.69 Å². The molecule has 88 valence electrons. The topological polar surface area (TPSA) is 60.7 Å². The van der Waals surface area contributed by atoms with Crippen molar-refractivity contribution in [1.82, 2.24) is 15.3 Å². The summed E-state index contributed by atoms with van der Waals surface area (Å²) in [5, 5.41) is 3.36. The van der Waals surface area contributed by atoms with Crippen molar-refractivity contribution < 1.29 is 0 Å². The molecular weight excluding hydrogens is 202 g/mol. The Kier molecular flexibility index (Phi) is 2.59. The first-order valence-electron chi connectivity index (χ1n) is 6.37. The minimum atomic E-state index is -0.0243. The summed E-state index contributed by atoms with van der Waals surface area (Å²) in [5.74, 6) is 1.10.